The van der Waals surface area contributed by atoms with E-state index in [1.54, 1.807) is 0 Å². The summed E-state index contributed by atoms with van der Waals surface area (Å²) in [7, 11) is 0. The summed E-state index contributed by atoms with van der Waals surface area (Å²) < 4.78 is 11.2. The lowest BCUT2D eigenvalue weighted by Crippen LogP contribution is -2.32. The summed E-state index contributed by atoms with van der Waals surface area (Å²) in [5.41, 5.74) is 6.19. The van der Waals surface area contributed by atoms with Gasteiger partial charge >= 0.3 is 0 Å². The Morgan fingerprint density at radius 2 is 1.93 bits per heavy atom. The molecule has 29 heavy (non-hydrogen) atoms. The fourth-order valence-corrected chi connectivity index (χ4v) is 4.19. The molecule has 5 heterocycles. The molecule has 0 aliphatic carbocycles. The van der Waals surface area contributed by atoms with Crippen LogP contribution in [0.5, 0.6) is 0 Å². The van der Waals surface area contributed by atoms with Gasteiger partial charge in [-0.1, -0.05) is 5.16 Å². The molecule has 2 aliphatic rings. The predicted molar refractivity (Wildman–Crippen MR) is 106 cm³/mol. The van der Waals surface area contributed by atoms with E-state index >= 15 is 0 Å². The molecule has 0 radical (unpaired) electrons. The monoisotopic (exact) mass is 392 g/mol. The van der Waals surface area contributed by atoms with Crippen molar-refractivity contribution in [1.82, 2.24) is 25.1 Å². The molecule has 0 saturated carbocycles. The number of hydrogen-bond donors (Lipinski definition) is 0. The first-order valence-electron chi connectivity index (χ1n) is 10.1. The van der Waals surface area contributed by atoms with Gasteiger partial charge in [-0.2, -0.15) is 4.98 Å². The van der Waals surface area contributed by atoms with Crippen LogP contribution in [0.1, 0.15) is 53.0 Å². The Balaban J connectivity index is 1.49. The van der Waals surface area contributed by atoms with E-state index in [2.05, 4.69) is 25.0 Å². The Bertz CT molecular complexity index is 1060. The van der Waals surface area contributed by atoms with Crippen LogP contribution < -0.4 is 4.90 Å². The summed E-state index contributed by atoms with van der Waals surface area (Å²) in [6.45, 7) is 8.33. The summed E-state index contributed by atoms with van der Waals surface area (Å²) in [5, 5.41) is 4.26. The molecule has 0 N–H and O–H groups in total. The molecule has 1 saturated heterocycles. The van der Waals surface area contributed by atoms with Gasteiger partial charge in [0.25, 0.3) is 5.89 Å². The molecule has 5 rings (SSSR count). The third kappa shape index (κ3) is 3.27. The number of pyridine rings is 1. The second-order valence-corrected chi connectivity index (χ2v) is 7.77. The molecule has 3 aromatic rings. The summed E-state index contributed by atoms with van der Waals surface area (Å²) in [5.74, 6) is 2.12. The Morgan fingerprint density at radius 3 is 2.76 bits per heavy atom. The largest absolute Gasteiger partial charge is 0.368 e. The van der Waals surface area contributed by atoms with Crippen molar-refractivity contribution in [2.45, 2.75) is 52.7 Å². The van der Waals surface area contributed by atoms with Crippen LogP contribution >= 0.6 is 0 Å². The van der Waals surface area contributed by atoms with E-state index < -0.39 is 0 Å². The molecule has 1 unspecified atom stereocenters. The van der Waals surface area contributed by atoms with Crippen molar-refractivity contribution in [2.75, 3.05) is 18.1 Å². The Kier molecular flexibility index (Phi) is 4.50. The number of aryl methyl sites for hydroxylation is 3. The molecule has 8 nitrogen and oxygen atoms in total. The van der Waals surface area contributed by atoms with E-state index in [0.717, 1.165) is 67.4 Å². The van der Waals surface area contributed by atoms with Crippen LogP contribution in [0.15, 0.2) is 16.9 Å². The van der Waals surface area contributed by atoms with Gasteiger partial charge in [-0.3, -0.25) is 9.97 Å². The molecule has 2 aliphatic heterocycles. The zero-order chi connectivity index (χ0) is 20.0. The van der Waals surface area contributed by atoms with Gasteiger partial charge in [0.2, 0.25) is 5.82 Å². The minimum atomic E-state index is -0.0811. The second-order valence-electron chi connectivity index (χ2n) is 7.77. The van der Waals surface area contributed by atoms with E-state index in [9.17, 15) is 0 Å². The molecule has 0 bridgehead atoms. The smallest absolute Gasteiger partial charge is 0.256 e. The Hall–Kier alpha value is -2.87. The van der Waals surface area contributed by atoms with Crippen LogP contribution in [0.2, 0.25) is 0 Å². The van der Waals surface area contributed by atoms with E-state index in [-0.39, 0.29) is 6.10 Å². The number of anilines is 1. The molecule has 0 amide bonds. The third-order valence-corrected chi connectivity index (χ3v) is 5.68. The molecular formula is C21H24N6O2. The quantitative estimate of drug-likeness (QED) is 0.671. The lowest BCUT2D eigenvalue weighted by molar-refractivity contribution is 0.0835. The van der Waals surface area contributed by atoms with Gasteiger partial charge < -0.3 is 14.2 Å². The van der Waals surface area contributed by atoms with Crippen LogP contribution in [-0.2, 0) is 17.7 Å². The molecule has 3 aromatic heterocycles. The van der Waals surface area contributed by atoms with Gasteiger partial charge in [0, 0.05) is 43.3 Å². The maximum Gasteiger partial charge on any atom is 0.256 e. The van der Waals surface area contributed by atoms with Crippen LogP contribution in [-0.4, -0.2) is 38.2 Å². The van der Waals surface area contributed by atoms with Crippen molar-refractivity contribution in [2.24, 2.45) is 0 Å². The highest BCUT2D eigenvalue weighted by Gasteiger charge is 2.28. The molecular weight excluding hydrogens is 368 g/mol. The van der Waals surface area contributed by atoms with E-state index in [1.807, 2.05) is 33.2 Å². The standard InChI is InChI=1S/C21H24N6O2/c1-12-9-22-14(3)20(24-12)27-7-6-16-15(11-27)10-23-13(2)18(16)19-25-21(29-26-19)17-5-4-8-28-17/h9-10,17H,4-8,11H2,1-3H3. The van der Waals surface area contributed by atoms with Gasteiger partial charge in [-0.15, -0.1) is 0 Å². The SMILES string of the molecule is Cc1cnc(C)c(N2CCc3c(cnc(C)c3-c3noc(C4CCCO4)n3)C2)n1. The van der Waals surface area contributed by atoms with E-state index in [0.29, 0.717) is 11.7 Å². The van der Waals surface area contributed by atoms with Gasteiger partial charge in [0.05, 0.1) is 11.4 Å². The minimum absolute atomic E-state index is 0.0811. The molecule has 1 atom stereocenters. The summed E-state index contributed by atoms with van der Waals surface area (Å²) >= 11 is 0. The normalized spacial score (nSPS) is 18.9. The lowest BCUT2D eigenvalue weighted by atomic mass is 9.94. The summed E-state index contributed by atoms with van der Waals surface area (Å²) in [4.78, 5) is 20.7. The van der Waals surface area contributed by atoms with Gasteiger partial charge in [-0.05, 0) is 51.2 Å². The number of aromatic nitrogens is 5. The van der Waals surface area contributed by atoms with Crippen molar-refractivity contribution in [3.63, 3.8) is 0 Å². The molecule has 1 fully saturated rings. The first kappa shape index (κ1) is 18.2. The highest BCUT2D eigenvalue weighted by Crippen LogP contribution is 2.34. The zero-order valence-corrected chi connectivity index (χ0v) is 17.0. The van der Waals surface area contributed by atoms with Gasteiger partial charge in [0.15, 0.2) is 5.82 Å². The van der Waals surface area contributed by atoms with Gasteiger partial charge in [0.1, 0.15) is 6.10 Å². The van der Waals surface area contributed by atoms with Crippen LogP contribution in [0, 0.1) is 20.8 Å². The van der Waals surface area contributed by atoms with Crippen molar-refractivity contribution < 1.29 is 9.26 Å². The Morgan fingerprint density at radius 1 is 1.07 bits per heavy atom. The molecule has 0 spiro atoms. The van der Waals surface area contributed by atoms with Crippen LogP contribution in [0.3, 0.4) is 0 Å². The third-order valence-electron chi connectivity index (χ3n) is 5.68. The maximum absolute atomic E-state index is 5.68. The molecule has 8 heteroatoms. The van der Waals surface area contributed by atoms with Crippen LogP contribution in [0.4, 0.5) is 5.82 Å². The predicted octanol–water partition coefficient (Wildman–Crippen LogP) is 3.26. The highest BCUT2D eigenvalue weighted by molar-refractivity contribution is 5.66. The number of nitrogens with zero attached hydrogens (tertiary/aromatic N) is 6. The summed E-state index contributed by atoms with van der Waals surface area (Å²) in [6.07, 6.45) is 6.51. The first-order valence-corrected chi connectivity index (χ1v) is 10.1. The van der Waals surface area contributed by atoms with Crippen molar-refractivity contribution in [3.05, 3.63) is 46.5 Å². The summed E-state index contributed by atoms with van der Waals surface area (Å²) in [6, 6.07) is 0. The average molecular weight is 392 g/mol. The molecule has 0 aromatic carbocycles. The van der Waals surface area contributed by atoms with E-state index in [4.69, 9.17) is 14.2 Å². The van der Waals surface area contributed by atoms with Crippen molar-refractivity contribution in [3.8, 4) is 11.4 Å². The van der Waals surface area contributed by atoms with Crippen molar-refractivity contribution in [1.29, 1.82) is 0 Å². The fraction of sp³-hybridized carbons (Fsp3) is 0.476. The Labute approximate surface area is 169 Å². The van der Waals surface area contributed by atoms with Crippen molar-refractivity contribution >= 4 is 5.82 Å². The van der Waals surface area contributed by atoms with E-state index in [1.165, 1.54) is 11.1 Å². The maximum atomic E-state index is 5.68. The zero-order valence-electron chi connectivity index (χ0n) is 17.0. The average Bonchev–Trinajstić information content (AvgIpc) is 3.41. The van der Waals surface area contributed by atoms with Crippen LogP contribution in [0.25, 0.3) is 11.4 Å². The lowest BCUT2D eigenvalue weighted by Gasteiger charge is -2.31. The second kappa shape index (κ2) is 7.18. The topological polar surface area (TPSA) is 90.1 Å². The number of rotatable bonds is 3. The minimum Gasteiger partial charge on any atom is -0.368 e. The molecule has 150 valence electrons. The highest BCUT2D eigenvalue weighted by atomic mass is 16.5. The van der Waals surface area contributed by atoms with Gasteiger partial charge in [-0.25, -0.2) is 4.98 Å². The number of fused-ring (bicyclic) bond motifs is 1. The fourth-order valence-electron chi connectivity index (χ4n) is 4.19. The first-order chi connectivity index (χ1) is 14.1. The number of ether oxygens (including phenoxy) is 1. The number of hydrogen-bond acceptors (Lipinski definition) is 8.